The van der Waals surface area contributed by atoms with Gasteiger partial charge in [0.15, 0.2) is 0 Å². The molecule has 72 valence electrons. The zero-order chi connectivity index (χ0) is 9.52. The third-order valence-corrected chi connectivity index (χ3v) is 1.40. The number of hydrogen-bond acceptors (Lipinski definition) is 5. The van der Waals surface area contributed by atoms with Gasteiger partial charge in [0.2, 0.25) is 11.8 Å². The maximum absolute atomic E-state index is 5.27. The molecule has 5 nitrogen and oxygen atoms in total. The molecule has 1 heterocycles. The minimum Gasteiger partial charge on any atom is -0.480 e. The van der Waals surface area contributed by atoms with Crippen molar-refractivity contribution >= 4 is 0 Å². The van der Waals surface area contributed by atoms with Crippen molar-refractivity contribution in [3.8, 4) is 11.8 Å². The summed E-state index contributed by atoms with van der Waals surface area (Å²) in [5.41, 5.74) is 0. The van der Waals surface area contributed by atoms with Crippen LogP contribution in [0.2, 0.25) is 0 Å². The quantitative estimate of drug-likeness (QED) is 0.655. The number of hydrogen-bond donors (Lipinski definition) is 1. The summed E-state index contributed by atoms with van der Waals surface area (Å²) in [5.74, 6) is 0.941. The number of methoxy groups -OCH3 is 1. The molecule has 1 N–H and O–H groups in total. The largest absolute Gasteiger partial charge is 0.480 e. The molecule has 0 amide bonds. The molecule has 13 heavy (non-hydrogen) atoms. The Bertz CT molecular complexity index is 255. The van der Waals surface area contributed by atoms with Crippen molar-refractivity contribution in [3.63, 3.8) is 0 Å². The Morgan fingerprint density at radius 3 is 2.85 bits per heavy atom. The van der Waals surface area contributed by atoms with Crippen LogP contribution in [0, 0.1) is 0 Å². The predicted octanol–water partition coefficient (Wildman–Crippen LogP) is 0.0834. The van der Waals surface area contributed by atoms with E-state index in [-0.39, 0.29) is 0 Å². The molecular weight excluding hydrogens is 170 g/mol. The van der Waals surface area contributed by atoms with Crippen molar-refractivity contribution in [2.45, 2.75) is 0 Å². The highest BCUT2D eigenvalue weighted by Crippen LogP contribution is 2.09. The van der Waals surface area contributed by atoms with Gasteiger partial charge in [0, 0.05) is 6.54 Å². The van der Waals surface area contributed by atoms with Gasteiger partial charge in [0.05, 0.1) is 19.5 Å². The standard InChI is InChI=1S/C8H13N3O2/c1-9-3-4-13-8-6-10-5-7(11-8)12-2/h5-6,9H,3-4H2,1-2H3. The number of nitrogens with zero attached hydrogens (tertiary/aromatic N) is 2. The SMILES string of the molecule is CNCCOc1cncc(OC)n1. The van der Waals surface area contributed by atoms with E-state index in [1.165, 1.54) is 6.20 Å². The lowest BCUT2D eigenvalue weighted by Gasteiger charge is -2.04. The van der Waals surface area contributed by atoms with Crippen LogP contribution < -0.4 is 14.8 Å². The van der Waals surface area contributed by atoms with Gasteiger partial charge < -0.3 is 14.8 Å². The summed E-state index contributed by atoms with van der Waals surface area (Å²) < 4.78 is 10.2. The third-order valence-electron chi connectivity index (χ3n) is 1.40. The first-order valence-corrected chi connectivity index (χ1v) is 4.00. The highest BCUT2D eigenvalue weighted by Gasteiger charge is 1.97. The summed E-state index contributed by atoms with van der Waals surface area (Å²) in [4.78, 5) is 7.93. The van der Waals surface area contributed by atoms with Gasteiger partial charge in [-0.05, 0) is 7.05 Å². The number of likely N-dealkylation sites (N-methyl/N-ethyl adjacent to an activating group) is 1. The lowest BCUT2D eigenvalue weighted by Crippen LogP contribution is -2.16. The van der Waals surface area contributed by atoms with Gasteiger partial charge in [-0.2, -0.15) is 4.98 Å². The Morgan fingerprint density at radius 2 is 2.15 bits per heavy atom. The maximum atomic E-state index is 5.27. The number of nitrogens with one attached hydrogen (secondary N) is 1. The van der Waals surface area contributed by atoms with Crippen LogP contribution in [0.1, 0.15) is 0 Å². The van der Waals surface area contributed by atoms with E-state index in [9.17, 15) is 0 Å². The van der Waals surface area contributed by atoms with Crippen LogP contribution in [0.25, 0.3) is 0 Å². The summed E-state index contributed by atoms with van der Waals surface area (Å²) in [5, 5.41) is 2.96. The van der Waals surface area contributed by atoms with Gasteiger partial charge >= 0.3 is 0 Å². The van der Waals surface area contributed by atoms with Crippen LogP contribution in [0.15, 0.2) is 12.4 Å². The van der Waals surface area contributed by atoms with Gasteiger partial charge in [0.1, 0.15) is 6.61 Å². The minimum atomic E-state index is 0.460. The molecule has 0 bridgehead atoms. The Hall–Kier alpha value is -1.36. The summed E-state index contributed by atoms with van der Waals surface area (Å²) >= 11 is 0. The summed E-state index contributed by atoms with van der Waals surface area (Å²) in [6.45, 7) is 1.34. The van der Waals surface area contributed by atoms with Crippen molar-refractivity contribution in [1.82, 2.24) is 15.3 Å². The Balaban J connectivity index is 2.46. The van der Waals surface area contributed by atoms with E-state index in [1.54, 1.807) is 13.3 Å². The molecule has 0 aliphatic carbocycles. The van der Waals surface area contributed by atoms with Gasteiger partial charge in [-0.3, -0.25) is 4.98 Å². The molecule has 1 rings (SSSR count). The average Bonchev–Trinajstić information content (AvgIpc) is 2.19. The number of aromatic nitrogens is 2. The Morgan fingerprint density at radius 1 is 1.38 bits per heavy atom. The zero-order valence-electron chi connectivity index (χ0n) is 7.78. The van der Waals surface area contributed by atoms with Crippen molar-refractivity contribution in [3.05, 3.63) is 12.4 Å². The van der Waals surface area contributed by atoms with Gasteiger partial charge in [-0.15, -0.1) is 0 Å². The Labute approximate surface area is 77.1 Å². The second kappa shape index (κ2) is 5.31. The monoisotopic (exact) mass is 183 g/mol. The average molecular weight is 183 g/mol. The van der Waals surface area contributed by atoms with E-state index < -0.39 is 0 Å². The van der Waals surface area contributed by atoms with E-state index >= 15 is 0 Å². The molecule has 0 atom stereocenters. The van der Waals surface area contributed by atoms with Gasteiger partial charge in [-0.1, -0.05) is 0 Å². The normalized spacial score (nSPS) is 9.69. The fourth-order valence-corrected chi connectivity index (χ4v) is 0.757. The first kappa shape index (κ1) is 9.73. The summed E-state index contributed by atoms with van der Waals surface area (Å²) in [6, 6.07) is 0. The Kier molecular flexibility index (Phi) is 3.98. The van der Waals surface area contributed by atoms with Crippen LogP contribution in [0.3, 0.4) is 0 Å². The van der Waals surface area contributed by atoms with E-state index in [1.807, 2.05) is 7.05 Å². The van der Waals surface area contributed by atoms with Gasteiger partial charge in [0.25, 0.3) is 0 Å². The highest BCUT2D eigenvalue weighted by molar-refractivity contribution is 5.12. The predicted molar refractivity (Wildman–Crippen MR) is 48.0 cm³/mol. The second-order valence-electron chi connectivity index (χ2n) is 2.35. The van der Waals surface area contributed by atoms with Crippen LogP contribution in [0.4, 0.5) is 0 Å². The first-order chi connectivity index (χ1) is 6.36. The molecule has 0 aliphatic heterocycles. The number of ether oxygens (including phenoxy) is 2. The zero-order valence-corrected chi connectivity index (χ0v) is 7.78. The van der Waals surface area contributed by atoms with E-state index in [2.05, 4.69) is 15.3 Å². The van der Waals surface area contributed by atoms with E-state index in [0.717, 1.165) is 6.54 Å². The van der Waals surface area contributed by atoms with Crippen molar-refractivity contribution in [2.75, 3.05) is 27.3 Å². The van der Waals surface area contributed by atoms with Crippen LogP contribution >= 0.6 is 0 Å². The summed E-state index contributed by atoms with van der Waals surface area (Å²) in [6.07, 6.45) is 3.09. The molecule has 0 fully saturated rings. The molecule has 5 heteroatoms. The topological polar surface area (TPSA) is 56.3 Å². The highest BCUT2D eigenvalue weighted by atomic mass is 16.5. The molecule has 0 unspecified atom stereocenters. The summed E-state index contributed by atoms with van der Waals surface area (Å²) in [7, 11) is 3.40. The fourth-order valence-electron chi connectivity index (χ4n) is 0.757. The first-order valence-electron chi connectivity index (χ1n) is 4.00. The van der Waals surface area contributed by atoms with Crippen molar-refractivity contribution in [2.24, 2.45) is 0 Å². The molecule has 0 radical (unpaired) electrons. The molecule has 0 aliphatic rings. The maximum Gasteiger partial charge on any atom is 0.235 e. The van der Waals surface area contributed by atoms with E-state index in [4.69, 9.17) is 9.47 Å². The third kappa shape index (κ3) is 3.25. The smallest absolute Gasteiger partial charge is 0.235 e. The van der Waals surface area contributed by atoms with Crippen LogP contribution in [0.5, 0.6) is 11.8 Å². The van der Waals surface area contributed by atoms with Crippen molar-refractivity contribution in [1.29, 1.82) is 0 Å². The molecule has 0 spiro atoms. The van der Waals surface area contributed by atoms with Crippen LogP contribution in [-0.4, -0.2) is 37.3 Å². The second-order valence-corrected chi connectivity index (χ2v) is 2.35. The van der Waals surface area contributed by atoms with E-state index in [0.29, 0.717) is 18.4 Å². The molecule has 0 aromatic carbocycles. The molecule has 0 saturated heterocycles. The van der Waals surface area contributed by atoms with Gasteiger partial charge in [-0.25, -0.2) is 0 Å². The molecule has 1 aromatic rings. The lowest BCUT2D eigenvalue weighted by atomic mass is 10.6. The lowest BCUT2D eigenvalue weighted by molar-refractivity contribution is 0.296. The fraction of sp³-hybridized carbons (Fsp3) is 0.500. The van der Waals surface area contributed by atoms with Crippen molar-refractivity contribution < 1.29 is 9.47 Å². The molecule has 0 saturated carbocycles. The number of rotatable bonds is 5. The minimum absolute atomic E-state index is 0.460. The van der Waals surface area contributed by atoms with Crippen LogP contribution in [-0.2, 0) is 0 Å². The molecular formula is C8H13N3O2. The molecule has 1 aromatic heterocycles.